The Morgan fingerprint density at radius 1 is 0.550 bits per heavy atom. The molecule has 0 fully saturated rings. The maximum Gasteiger partial charge on any atom is 0.339 e. The molecule has 4 aromatic heterocycles. The summed E-state index contributed by atoms with van der Waals surface area (Å²) in [6, 6.07) is 47.4. The van der Waals surface area contributed by atoms with Gasteiger partial charge in [0.1, 0.15) is 24.7 Å². The number of benzene rings is 4. The molecule has 0 aliphatic carbocycles. The third-order valence-corrected chi connectivity index (χ3v) is 9.67. The summed E-state index contributed by atoms with van der Waals surface area (Å²) in [6.07, 6.45) is 6.28. The maximum atomic E-state index is 12.2. The van der Waals surface area contributed by atoms with Gasteiger partial charge in [-0.25, -0.2) is 9.59 Å². The Balaban J connectivity index is 0.000000182. The summed E-state index contributed by atoms with van der Waals surface area (Å²) >= 11 is 0. The fourth-order valence-electron chi connectivity index (χ4n) is 6.81. The van der Waals surface area contributed by atoms with Gasteiger partial charge in [-0.1, -0.05) is 84.9 Å². The zero-order valence-electron chi connectivity index (χ0n) is 33.6. The first-order valence-electron chi connectivity index (χ1n) is 19.5. The molecule has 8 rings (SSSR count). The molecule has 0 amide bonds. The molecule has 1 N–H and O–H groups in total. The molecule has 0 bridgehead atoms. The van der Waals surface area contributed by atoms with Crippen LogP contribution in [0.1, 0.15) is 50.2 Å². The van der Waals surface area contributed by atoms with Crippen LogP contribution >= 0.6 is 0 Å². The molecule has 60 heavy (non-hydrogen) atoms. The average Bonchev–Trinajstić information content (AvgIpc) is 3.88. The highest BCUT2D eigenvalue weighted by atomic mass is 16.5. The minimum absolute atomic E-state index is 0.148. The lowest BCUT2D eigenvalue weighted by atomic mass is 10.1. The zero-order chi connectivity index (χ0) is 41.8. The van der Waals surface area contributed by atoms with Crippen LogP contribution < -0.4 is 9.47 Å². The molecule has 0 saturated carbocycles. The summed E-state index contributed by atoms with van der Waals surface area (Å²) in [4.78, 5) is 31.9. The van der Waals surface area contributed by atoms with E-state index in [0.29, 0.717) is 31.1 Å². The quantitative estimate of drug-likeness (QED) is 0.115. The van der Waals surface area contributed by atoms with E-state index in [1.807, 2.05) is 146 Å². The number of hydrogen-bond acceptors (Lipinski definition) is 7. The van der Waals surface area contributed by atoms with E-state index >= 15 is 0 Å². The van der Waals surface area contributed by atoms with Gasteiger partial charge < -0.3 is 28.5 Å². The summed E-state index contributed by atoms with van der Waals surface area (Å²) in [7, 11) is 0. The Morgan fingerprint density at radius 2 is 0.983 bits per heavy atom. The first-order chi connectivity index (χ1) is 29.3. The number of aryl methyl sites for hydroxylation is 2. The fourth-order valence-corrected chi connectivity index (χ4v) is 6.81. The van der Waals surface area contributed by atoms with Gasteiger partial charge in [0.2, 0.25) is 0 Å². The van der Waals surface area contributed by atoms with Crippen LogP contribution in [-0.2, 0) is 18.0 Å². The second-order valence-corrected chi connectivity index (χ2v) is 13.8. The lowest BCUT2D eigenvalue weighted by molar-refractivity contribution is 0.0525. The van der Waals surface area contributed by atoms with Crippen molar-refractivity contribution in [1.29, 1.82) is 0 Å². The van der Waals surface area contributed by atoms with Crippen molar-refractivity contribution in [2.45, 2.75) is 34.0 Å². The predicted molar refractivity (Wildman–Crippen MR) is 232 cm³/mol. The molecular weight excluding hydrogens is 753 g/mol. The number of pyridine rings is 2. The normalized spacial score (nSPS) is 10.7. The van der Waals surface area contributed by atoms with E-state index in [0.717, 1.165) is 62.2 Å². The van der Waals surface area contributed by atoms with Gasteiger partial charge in [0, 0.05) is 34.9 Å². The van der Waals surface area contributed by atoms with E-state index in [-0.39, 0.29) is 11.5 Å². The van der Waals surface area contributed by atoms with Crippen molar-refractivity contribution < 1.29 is 28.9 Å². The summed E-state index contributed by atoms with van der Waals surface area (Å²) < 4.78 is 21.5. The molecule has 4 heterocycles. The largest absolute Gasteiger partial charge is 0.488 e. The Morgan fingerprint density at radius 3 is 1.45 bits per heavy atom. The van der Waals surface area contributed by atoms with E-state index in [1.165, 1.54) is 12.4 Å². The number of carboxylic acid groups (broad SMARTS) is 1. The van der Waals surface area contributed by atoms with Gasteiger partial charge in [-0.05, 0) is 92.6 Å². The SMILES string of the molecule is CCOC(=O)c1cncc(-n2c(C)ccc2-c2ccccc2OCc2ccccc2)c1.Cc1ccc(-c2ccccc2OCc2ccccc2)n1-c1cncc(C(=O)O)c1. The molecule has 0 atom stereocenters. The standard InChI is InChI=1S/C26H24N2O3.C24H20N2O3/c1-3-30-26(29)21-15-22(17-27-16-21)28-19(2)13-14-24(28)23-11-7-8-12-25(23)31-18-20-9-5-4-6-10-20;1-17-11-12-22(26(17)20-13-19(24(27)28)14-25-15-20)21-9-5-6-10-23(21)29-16-18-7-3-2-4-8-18/h4-17H,3,18H2,1-2H3;2-15H,16H2,1H3,(H,27,28). The van der Waals surface area contributed by atoms with Gasteiger partial charge in [-0.3, -0.25) is 9.97 Å². The molecule has 0 aliphatic rings. The second kappa shape index (κ2) is 19.1. The van der Waals surface area contributed by atoms with Gasteiger partial charge in [0.25, 0.3) is 0 Å². The van der Waals surface area contributed by atoms with E-state index in [4.69, 9.17) is 14.2 Å². The van der Waals surface area contributed by atoms with E-state index in [1.54, 1.807) is 31.5 Å². The van der Waals surface area contributed by atoms with Crippen molar-refractivity contribution >= 4 is 11.9 Å². The van der Waals surface area contributed by atoms with Crippen molar-refractivity contribution in [1.82, 2.24) is 19.1 Å². The lowest BCUT2D eigenvalue weighted by Crippen LogP contribution is -2.07. The number of nitrogens with zero attached hydrogens (tertiary/aromatic N) is 4. The molecule has 0 saturated heterocycles. The molecule has 300 valence electrons. The number of carbonyl (C=O) groups excluding carboxylic acids is 1. The Hall–Kier alpha value is -7.72. The van der Waals surface area contributed by atoms with Crippen LogP contribution in [0, 0.1) is 13.8 Å². The van der Waals surface area contributed by atoms with Gasteiger partial charge >= 0.3 is 11.9 Å². The van der Waals surface area contributed by atoms with Gasteiger partial charge in [0.15, 0.2) is 0 Å². The minimum atomic E-state index is -1.00. The van der Waals surface area contributed by atoms with Gasteiger partial charge in [-0.2, -0.15) is 0 Å². The van der Waals surface area contributed by atoms with Crippen LogP contribution in [0.3, 0.4) is 0 Å². The topological polar surface area (TPSA) is 118 Å². The number of rotatable bonds is 13. The number of ether oxygens (including phenoxy) is 3. The summed E-state index contributed by atoms with van der Waals surface area (Å²) in [5.41, 5.74) is 10.0. The average molecular weight is 797 g/mol. The maximum absolute atomic E-state index is 12.2. The zero-order valence-corrected chi connectivity index (χ0v) is 33.6. The van der Waals surface area contributed by atoms with Crippen LogP contribution in [0.4, 0.5) is 0 Å². The molecule has 0 unspecified atom stereocenters. The smallest absolute Gasteiger partial charge is 0.339 e. The second-order valence-electron chi connectivity index (χ2n) is 13.8. The molecule has 0 aliphatic heterocycles. The Labute approximate surface area is 348 Å². The minimum Gasteiger partial charge on any atom is -0.488 e. The molecule has 0 radical (unpaired) electrons. The van der Waals surface area contributed by atoms with Crippen LogP contribution in [0.2, 0.25) is 0 Å². The first-order valence-corrected chi connectivity index (χ1v) is 19.5. The molecule has 8 aromatic rings. The van der Waals surface area contributed by atoms with Crippen LogP contribution in [-0.4, -0.2) is 42.8 Å². The van der Waals surface area contributed by atoms with Crippen molar-refractivity contribution in [3.8, 4) is 45.4 Å². The van der Waals surface area contributed by atoms with E-state index in [9.17, 15) is 14.7 Å². The van der Waals surface area contributed by atoms with Gasteiger partial charge in [0.05, 0.1) is 52.9 Å². The molecule has 10 nitrogen and oxygen atoms in total. The molecule has 10 heteroatoms. The third-order valence-electron chi connectivity index (χ3n) is 9.67. The van der Waals surface area contributed by atoms with Crippen LogP contribution in [0.5, 0.6) is 11.5 Å². The van der Waals surface area contributed by atoms with Crippen molar-refractivity contribution in [2.24, 2.45) is 0 Å². The van der Waals surface area contributed by atoms with Crippen LogP contribution in [0.15, 0.2) is 170 Å². The number of hydrogen-bond donors (Lipinski definition) is 1. The van der Waals surface area contributed by atoms with Crippen molar-refractivity contribution in [2.75, 3.05) is 6.61 Å². The predicted octanol–water partition coefficient (Wildman–Crippen LogP) is 10.7. The number of esters is 1. The fraction of sp³-hybridized carbons (Fsp3) is 0.120. The highest BCUT2D eigenvalue weighted by Crippen LogP contribution is 2.35. The summed E-state index contributed by atoms with van der Waals surface area (Å²) in [5.74, 6) is 0.172. The highest BCUT2D eigenvalue weighted by Gasteiger charge is 2.18. The van der Waals surface area contributed by atoms with E-state index in [2.05, 4.69) is 20.6 Å². The first kappa shape index (κ1) is 40.5. The van der Waals surface area contributed by atoms with E-state index < -0.39 is 5.97 Å². The monoisotopic (exact) mass is 796 g/mol. The molecule has 4 aromatic carbocycles. The number of carboxylic acids is 1. The summed E-state index contributed by atoms with van der Waals surface area (Å²) in [5, 5.41) is 9.32. The Kier molecular flexibility index (Phi) is 12.9. The van der Waals surface area contributed by atoms with Crippen molar-refractivity contribution in [3.63, 3.8) is 0 Å². The van der Waals surface area contributed by atoms with Crippen molar-refractivity contribution in [3.05, 3.63) is 204 Å². The van der Waals surface area contributed by atoms with Gasteiger partial charge in [-0.15, -0.1) is 0 Å². The third kappa shape index (κ3) is 9.52. The molecular formula is C50H44N4O6. The highest BCUT2D eigenvalue weighted by molar-refractivity contribution is 5.90. The lowest BCUT2D eigenvalue weighted by Gasteiger charge is -2.16. The number of carbonyl (C=O) groups is 2. The Bertz CT molecular complexity index is 2710. The van der Waals surface area contributed by atoms with Crippen LogP contribution in [0.25, 0.3) is 33.9 Å². The number of para-hydroxylation sites is 2. The number of aromatic nitrogens is 4. The summed E-state index contributed by atoms with van der Waals surface area (Å²) in [6.45, 7) is 7.06. The number of aromatic carboxylic acids is 1. The molecule has 0 spiro atoms.